The molecule has 0 aliphatic rings. The molecule has 0 aromatic heterocycles. The molecule has 0 aromatic carbocycles. The summed E-state index contributed by atoms with van der Waals surface area (Å²) < 4.78 is 0. The predicted molar refractivity (Wildman–Crippen MR) is 166 cm³/mol. The third-order valence-electron chi connectivity index (χ3n) is 6.52. The van der Waals surface area contributed by atoms with Crippen molar-refractivity contribution in [3.63, 3.8) is 0 Å². The minimum absolute atomic E-state index is 0. The van der Waals surface area contributed by atoms with E-state index in [1.807, 2.05) is 0 Å². The molecule has 0 unspecified atom stereocenters. The molecule has 35 heavy (non-hydrogen) atoms. The fourth-order valence-corrected chi connectivity index (χ4v) is 4.21. The Bertz CT molecular complexity index is 335. The van der Waals surface area contributed by atoms with Gasteiger partial charge in [-0.15, -0.1) is 0 Å². The van der Waals surface area contributed by atoms with Crippen molar-refractivity contribution in [2.24, 2.45) is 0 Å². The second kappa shape index (κ2) is 41.4. The molecule has 0 aromatic rings. The van der Waals surface area contributed by atoms with Crippen molar-refractivity contribution in [2.45, 2.75) is 181 Å². The predicted octanol–water partition coefficient (Wildman–Crippen LogP) is 12.6. The van der Waals surface area contributed by atoms with E-state index in [1.165, 1.54) is 141 Å². The van der Waals surface area contributed by atoms with Crippen LogP contribution in [0.1, 0.15) is 181 Å². The van der Waals surface area contributed by atoms with Gasteiger partial charge in [-0.05, 0) is 25.7 Å². The van der Waals surface area contributed by atoms with Crippen molar-refractivity contribution >= 4 is 23.1 Å². The van der Waals surface area contributed by atoms with E-state index in [0.717, 1.165) is 25.7 Å². The molecule has 0 atom stereocenters. The second-order valence-corrected chi connectivity index (χ2v) is 10.2. The van der Waals surface area contributed by atoms with Crippen LogP contribution in [0.3, 0.4) is 0 Å². The zero-order valence-corrected chi connectivity index (χ0v) is 26.2. The SMILES string of the molecule is [CH2-]CC/C=C\CCCCCCCCCCCC.[CH2-]CC/C=C\CCCCCCCCCCCC.[Mg+2]. The quantitative estimate of drug-likeness (QED) is 0.0481. The summed E-state index contributed by atoms with van der Waals surface area (Å²) >= 11 is 0. The standard InChI is InChI=1S/2C17H33.Mg/c2*1-3-5-7-9-11-13-15-17-16-14-12-10-8-6-4-2;/h2*7,9H,1,3-6,8,10-17H2,2H3;/q2*-1;+2/b2*9-7-;. The maximum atomic E-state index is 3.83. The van der Waals surface area contributed by atoms with Gasteiger partial charge in [0.2, 0.25) is 0 Å². The first-order chi connectivity index (χ1) is 16.8. The van der Waals surface area contributed by atoms with Gasteiger partial charge >= 0.3 is 23.1 Å². The summed E-state index contributed by atoms with van der Waals surface area (Å²) in [6.45, 7) is 12.2. The maximum absolute atomic E-state index is 3.83. The third-order valence-corrected chi connectivity index (χ3v) is 6.52. The molecule has 0 saturated heterocycles. The van der Waals surface area contributed by atoms with Gasteiger partial charge in [-0.3, -0.25) is 0 Å². The van der Waals surface area contributed by atoms with Crippen molar-refractivity contribution in [1.82, 2.24) is 0 Å². The van der Waals surface area contributed by atoms with Crippen molar-refractivity contribution in [3.8, 4) is 0 Å². The Morgan fingerprint density at radius 1 is 0.343 bits per heavy atom. The maximum Gasteiger partial charge on any atom is 2.00 e. The van der Waals surface area contributed by atoms with Gasteiger partial charge in [0.15, 0.2) is 0 Å². The van der Waals surface area contributed by atoms with Gasteiger partial charge in [0.25, 0.3) is 0 Å². The molecule has 0 bridgehead atoms. The molecule has 0 radical (unpaired) electrons. The van der Waals surface area contributed by atoms with Gasteiger partial charge in [-0.1, -0.05) is 167 Å². The minimum atomic E-state index is 0. The van der Waals surface area contributed by atoms with E-state index >= 15 is 0 Å². The van der Waals surface area contributed by atoms with Crippen LogP contribution in [0.15, 0.2) is 24.3 Å². The fourth-order valence-electron chi connectivity index (χ4n) is 4.21. The molecule has 0 saturated carbocycles. The van der Waals surface area contributed by atoms with Crippen LogP contribution in [0, 0.1) is 13.8 Å². The molecule has 0 heterocycles. The average Bonchev–Trinajstić information content (AvgIpc) is 2.85. The van der Waals surface area contributed by atoms with E-state index in [0.29, 0.717) is 0 Å². The molecule has 1 heteroatoms. The number of rotatable bonds is 26. The monoisotopic (exact) mass is 499 g/mol. The van der Waals surface area contributed by atoms with Crippen LogP contribution in [-0.4, -0.2) is 23.1 Å². The van der Waals surface area contributed by atoms with Gasteiger partial charge in [0, 0.05) is 0 Å². The Morgan fingerprint density at radius 3 is 0.829 bits per heavy atom. The number of hydrogen-bond donors (Lipinski definition) is 0. The topological polar surface area (TPSA) is 0 Å². The molecule has 0 nitrogen and oxygen atoms in total. The average molecular weight is 499 g/mol. The smallest absolute Gasteiger partial charge is 0.343 e. The molecule has 0 rings (SSSR count). The normalized spacial score (nSPS) is 11.1. The van der Waals surface area contributed by atoms with Crippen LogP contribution in [0.2, 0.25) is 0 Å². The first kappa shape index (κ1) is 39.8. The molecule has 0 fully saturated rings. The second-order valence-electron chi connectivity index (χ2n) is 10.2. The van der Waals surface area contributed by atoms with Crippen LogP contribution < -0.4 is 0 Å². The van der Waals surface area contributed by atoms with Crippen molar-refractivity contribution in [1.29, 1.82) is 0 Å². The molecular weight excluding hydrogens is 433 g/mol. The molecule has 0 N–H and O–H groups in total. The molecular formula is C34H66Mg. The first-order valence-corrected chi connectivity index (χ1v) is 15.7. The summed E-state index contributed by atoms with van der Waals surface area (Å²) in [4.78, 5) is 0. The Hall–Kier alpha value is 0.246. The van der Waals surface area contributed by atoms with Crippen molar-refractivity contribution in [2.75, 3.05) is 0 Å². The Kier molecular flexibility index (Phi) is 47.0. The summed E-state index contributed by atoms with van der Waals surface area (Å²) in [5, 5.41) is 0. The summed E-state index contributed by atoms with van der Waals surface area (Å²) in [5.41, 5.74) is 0. The molecule has 0 spiro atoms. The van der Waals surface area contributed by atoms with Gasteiger partial charge < -0.3 is 13.8 Å². The largest absolute Gasteiger partial charge is 2.00 e. The summed E-state index contributed by atoms with van der Waals surface area (Å²) in [7, 11) is 0. The molecule has 0 amide bonds. The summed E-state index contributed by atoms with van der Waals surface area (Å²) in [6.07, 6.45) is 44.8. The van der Waals surface area contributed by atoms with E-state index in [2.05, 4.69) is 52.0 Å². The van der Waals surface area contributed by atoms with Crippen LogP contribution >= 0.6 is 0 Å². The van der Waals surface area contributed by atoms with Crippen molar-refractivity contribution in [3.05, 3.63) is 38.2 Å². The summed E-state index contributed by atoms with van der Waals surface area (Å²) in [5.74, 6) is 0. The van der Waals surface area contributed by atoms with Gasteiger partial charge in [0.1, 0.15) is 0 Å². The Labute approximate surface area is 241 Å². The fraction of sp³-hybridized carbons (Fsp3) is 0.824. The Morgan fingerprint density at radius 2 is 0.571 bits per heavy atom. The third kappa shape index (κ3) is 44.6. The number of allylic oxidation sites excluding steroid dienone is 4. The van der Waals surface area contributed by atoms with Crippen LogP contribution in [-0.2, 0) is 0 Å². The minimum Gasteiger partial charge on any atom is -0.343 e. The van der Waals surface area contributed by atoms with E-state index in [1.54, 1.807) is 0 Å². The first-order valence-electron chi connectivity index (χ1n) is 15.7. The van der Waals surface area contributed by atoms with Gasteiger partial charge in [0.05, 0.1) is 0 Å². The Balaban J connectivity index is -0.000000569. The number of unbranched alkanes of at least 4 members (excludes halogenated alkanes) is 22. The van der Waals surface area contributed by atoms with E-state index in [4.69, 9.17) is 0 Å². The van der Waals surface area contributed by atoms with Crippen molar-refractivity contribution < 1.29 is 0 Å². The number of hydrogen-bond acceptors (Lipinski definition) is 0. The zero-order valence-electron chi connectivity index (χ0n) is 24.8. The zero-order chi connectivity index (χ0) is 25.2. The van der Waals surface area contributed by atoms with Gasteiger partial charge in [-0.25, -0.2) is 0 Å². The summed E-state index contributed by atoms with van der Waals surface area (Å²) in [6, 6.07) is 0. The van der Waals surface area contributed by atoms with Gasteiger partial charge in [-0.2, -0.15) is 12.8 Å². The van der Waals surface area contributed by atoms with E-state index in [9.17, 15) is 0 Å². The molecule has 0 aliphatic carbocycles. The van der Waals surface area contributed by atoms with E-state index < -0.39 is 0 Å². The van der Waals surface area contributed by atoms with E-state index in [-0.39, 0.29) is 23.1 Å². The molecule has 204 valence electrons. The van der Waals surface area contributed by atoms with Crippen LogP contribution in [0.4, 0.5) is 0 Å². The van der Waals surface area contributed by atoms with Crippen LogP contribution in [0.25, 0.3) is 0 Å². The van der Waals surface area contributed by atoms with Crippen LogP contribution in [0.5, 0.6) is 0 Å². The molecule has 0 aliphatic heterocycles.